The van der Waals surface area contributed by atoms with Gasteiger partial charge in [0.2, 0.25) is 24.2 Å². The molecule has 658 valence electrons. The highest BCUT2D eigenvalue weighted by atomic mass is 35.6. The Labute approximate surface area is 684 Å². The van der Waals surface area contributed by atoms with E-state index in [-0.39, 0.29) is 0 Å². The number of hydrogen-bond donors (Lipinski definition) is 2. The zero-order chi connectivity index (χ0) is 88.2. The van der Waals surface area contributed by atoms with E-state index in [1.54, 1.807) is 0 Å². The molecule has 2 N–H and O–H groups in total. The second kappa shape index (κ2) is 44.4. The Morgan fingerprint density at radius 3 is 0.991 bits per heavy atom. The van der Waals surface area contributed by atoms with Crippen LogP contribution in [0.3, 0.4) is 0 Å². The molecule has 0 aromatic heterocycles. The van der Waals surface area contributed by atoms with E-state index in [0.29, 0.717) is 0 Å². The minimum Gasteiger partial charge on any atom is -0.463 e. The normalized spacial score (nSPS) is 30.9. The van der Waals surface area contributed by atoms with E-state index >= 15 is 0 Å². The van der Waals surface area contributed by atoms with E-state index < -0.39 is 322 Å². The van der Waals surface area contributed by atoms with E-state index in [2.05, 4.69) is 5.32 Å². The van der Waals surface area contributed by atoms with Crippen molar-refractivity contribution in [3.05, 3.63) is 0 Å². The van der Waals surface area contributed by atoms with Gasteiger partial charge in [0.05, 0.1) is 24.4 Å². The van der Waals surface area contributed by atoms with E-state index in [0.717, 1.165) is 96.9 Å². The van der Waals surface area contributed by atoms with Crippen molar-refractivity contribution in [1.82, 2.24) is 5.32 Å². The topological polar surface area (TPSA) is 548 Å². The summed E-state index contributed by atoms with van der Waals surface area (Å²) in [4.78, 5) is 227. The molecule has 5 aliphatic rings. The second-order valence-electron chi connectivity index (χ2n) is 28.1. The molecular weight excluding hydrogens is 1640 g/mol. The molecule has 25 atom stereocenters. The van der Waals surface area contributed by atoms with Gasteiger partial charge in [0, 0.05) is 95.9 Å². The van der Waals surface area contributed by atoms with Crippen LogP contribution in [0.25, 0.3) is 0 Å². The van der Waals surface area contributed by atoms with Crippen molar-refractivity contribution < 1.29 is 195 Å². The number of amides is 1. The number of carbonyl (C=O) groups is 17. The first-order chi connectivity index (χ1) is 54.3. The Hall–Kier alpha value is -8.63. The summed E-state index contributed by atoms with van der Waals surface area (Å²) in [5.74, 6) is -19.3. The first-order valence-corrected chi connectivity index (χ1v) is 37.3. The zero-order valence-electron chi connectivity index (χ0n) is 67.0. The van der Waals surface area contributed by atoms with Crippen molar-refractivity contribution in [3.8, 4) is 0 Å². The van der Waals surface area contributed by atoms with Gasteiger partial charge in [-0.05, 0) is 41.5 Å². The summed E-state index contributed by atoms with van der Waals surface area (Å²) < 4.78 is 143. The number of esters is 14. The summed E-state index contributed by atoms with van der Waals surface area (Å²) >= 11 is 18.2. The quantitative estimate of drug-likeness (QED) is 0.0302. The molecule has 0 unspecified atom stereocenters. The predicted octanol–water partition coefficient (Wildman–Crippen LogP) is 1.33. The molecule has 43 nitrogen and oxygen atoms in total. The molecule has 1 amide bonds. The Kier molecular flexibility index (Phi) is 37.6. The number of rotatable bonds is 34. The Bertz CT molecular complexity index is 3620. The van der Waals surface area contributed by atoms with Gasteiger partial charge in [-0.2, -0.15) is 0 Å². The smallest absolute Gasteiger partial charge is 0.311 e. The Morgan fingerprint density at radius 1 is 0.316 bits per heavy atom. The van der Waals surface area contributed by atoms with Crippen LogP contribution in [0.15, 0.2) is 0 Å². The number of ketones is 2. The van der Waals surface area contributed by atoms with Gasteiger partial charge in [0.25, 0.3) is 3.79 Å². The molecule has 5 aliphatic heterocycles. The largest absolute Gasteiger partial charge is 0.463 e. The summed E-state index contributed by atoms with van der Waals surface area (Å²) in [6, 6.07) is -2.26. The summed E-state index contributed by atoms with van der Waals surface area (Å²) in [6.45, 7) is 14.4. The maximum atomic E-state index is 14.4. The van der Waals surface area contributed by atoms with Crippen molar-refractivity contribution in [2.24, 2.45) is 5.41 Å². The molecule has 46 heteroatoms. The van der Waals surface area contributed by atoms with Gasteiger partial charge in [-0.3, -0.25) is 77.3 Å². The van der Waals surface area contributed by atoms with Gasteiger partial charge in [-0.15, -0.1) is 0 Å². The molecule has 0 spiro atoms. The number of hydrogen-bond acceptors (Lipinski definition) is 42. The number of alkyl halides is 3. The van der Waals surface area contributed by atoms with Gasteiger partial charge in [0.15, 0.2) is 80.1 Å². The number of carbonyl (C=O) groups excluding carboxylic acids is 17. The van der Waals surface area contributed by atoms with Gasteiger partial charge >= 0.3 is 83.6 Å². The van der Waals surface area contributed by atoms with Crippen molar-refractivity contribution >= 4 is 142 Å². The lowest BCUT2D eigenvalue weighted by molar-refractivity contribution is -0.391. The molecular formula is C71H97Cl3N2O41. The number of halogens is 3. The standard InChI is InChI=1S/C71H97Cl3N2O41/c1-27(77)19-21-46(91)110-57-51(100-36(10)85)43(24-95-32(6)81)108-66(61(57)111-47(92)22-20-28(2)78)112-50-42(23-94-31(5)80)106-63(48(76-30(4)79)54(50)114-64-59(104-40(14)89)55(102-38(12)87)49(29(3)98-64)99-35(9)84)115-58-52(101-37(11)86)44(25-96-33(7)82)107-65(60(58)105-41(15)90)113-53-45(26-97-34(8)83)109-67(117-68(75)71(72,73)74)62(56(53)103-39(13)88)116-69(93)70(16,17)18/h29,42-45,48-67,75H,19-26H2,1-18H3,(H,76,79)/t29-,42+,43+,44+,45+,48+,49+,50+,51-,52-,53+,54+,55+,56-,57-,58-,59-,60+,61+,62+,63-,64-,65-,66-,67+/m0/s1. The third kappa shape index (κ3) is 30.6. The van der Waals surface area contributed by atoms with E-state index in [9.17, 15) is 81.5 Å². The minimum absolute atomic E-state index is 0.468. The third-order valence-electron chi connectivity index (χ3n) is 16.8. The highest BCUT2D eigenvalue weighted by Crippen LogP contribution is 2.43. The predicted molar refractivity (Wildman–Crippen MR) is 380 cm³/mol. The highest BCUT2D eigenvalue weighted by molar-refractivity contribution is 6.76. The fourth-order valence-electron chi connectivity index (χ4n) is 12.2. The van der Waals surface area contributed by atoms with Crippen molar-refractivity contribution in [1.29, 1.82) is 5.41 Å². The molecule has 5 rings (SSSR count). The number of nitrogens with one attached hydrogen (secondary N) is 2. The molecule has 5 heterocycles. The van der Waals surface area contributed by atoms with Gasteiger partial charge < -0.3 is 129 Å². The molecule has 117 heavy (non-hydrogen) atoms. The lowest BCUT2D eigenvalue weighted by atomic mass is 9.93. The van der Waals surface area contributed by atoms with Gasteiger partial charge in [-0.25, -0.2) is 0 Å². The molecule has 0 radical (unpaired) electrons. The molecule has 0 aromatic rings. The van der Waals surface area contributed by atoms with Crippen molar-refractivity contribution in [3.63, 3.8) is 0 Å². The summed E-state index contributed by atoms with van der Waals surface area (Å²) in [5, 5.41) is 11.1. The second-order valence-corrected chi connectivity index (χ2v) is 30.4. The van der Waals surface area contributed by atoms with Crippen LogP contribution in [0.1, 0.15) is 150 Å². The molecule has 5 saturated heterocycles. The summed E-state index contributed by atoms with van der Waals surface area (Å²) in [5.41, 5.74) is -1.44. The summed E-state index contributed by atoms with van der Waals surface area (Å²) in [7, 11) is 0. The minimum atomic E-state index is -2.69. The molecule has 5 fully saturated rings. The SMILES string of the molecule is CC(=O)CCC(=O)O[C@H]1[C@@H](OC(C)=O)[C@@H](COC(C)=O)O[C@@H](O[C@H]2[C@H](O[C@@H]3O[C@@H](C)[C@@H](OC(C)=O)[C@@H](OC(C)=O)[C@@H]3OC(C)=O)[C@@H](NC(C)=O)[C@H](O[C@H]3[C@@H](OC(C)=O)[C@@H](COC(C)=O)O[C@@H](O[C@H]4[C@H](OC(C)=O)[C@@H](OC(=O)C(C)(C)C)[C@@H](OC(=N)C(Cl)(Cl)Cl)O[C@@H]4COC(C)=O)[C@@H]3OC(C)=O)O[C@@H]2COC(C)=O)[C@@H]1OC(=O)CCC(C)=O. The first-order valence-electron chi connectivity index (χ1n) is 36.2. The lowest BCUT2D eigenvalue weighted by Crippen LogP contribution is -2.72. The van der Waals surface area contributed by atoms with Crippen LogP contribution in [0.4, 0.5) is 0 Å². The maximum Gasteiger partial charge on any atom is 0.311 e. The highest BCUT2D eigenvalue weighted by Gasteiger charge is 2.63. The van der Waals surface area contributed by atoms with E-state index in [1.165, 1.54) is 27.7 Å². The zero-order valence-corrected chi connectivity index (χ0v) is 69.2. The van der Waals surface area contributed by atoms with E-state index in [1.807, 2.05) is 0 Å². The average Bonchev–Trinajstić information content (AvgIpc) is 0.759. The Morgan fingerprint density at radius 2 is 0.607 bits per heavy atom. The van der Waals surface area contributed by atoms with Crippen LogP contribution in [0.2, 0.25) is 0 Å². The van der Waals surface area contributed by atoms with Crippen molar-refractivity contribution in [2.75, 3.05) is 26.4 Å². The van der Waals surface area contributed by atoms with Gasteiger partial charge in [0.1, 0.15) is 92.9 Å². The average molecular weight is 1740 g/mol. The van der Waals surface area contributed by atoms with Crippen LogP contribution >= 0.6 is 34.8 Å². The fourth-order valence-corrected chi connectivity index (χ4v) is 12.3. The molecule has 0 aromatic carbocycles. The molecule has 0 bridgehead atoms. The maximum absolute atomic E-state index is 14.4. The van der Waals surface area contributed by atoms with Crippen LogP contribution in [0.5, 0.6) is 0 Å². The first kappa shape index (κ1) is 98.9. The molecule has 0 aliphatic carbocycles. The third-order valence-corrected chi connectivity index (χ3v) is 17.4. The summed E-state index contributed by atoms with van der Waals surface area (Å²) in [6.07, 6.45) is -53.9. The Balaban J connectivity index is 1.98. The monoisotopic (exact) mass is 1740 g/mol. The van der Waals surface area contributed by atoms with E-state index in [4.69, 9.17) is 154 Å². The van der Waals surface area contributed by atoms with Crippen LogP contribution in [-0.4, -0.2) is 291 Å². The van der Waals surface area contributed by atoms with Crippen molar-refractivity contribution in [2.45, 2.75) is 308 Å². The van der Waals surface area contributed by atoms with Gasteiger partial charge in [-0.1, -0.05) is 34.8 Å². The van der Waals surface area contributed by atoms with Crippen LogP contribution < -0.4 is 5.32 Å². The molecule has 0 saturated carbocycles. The number of ether oxygens (including phenoxy) is 24. The van der Waals surface area contributed by atoms with Crippen LogP contribution in [-0.2, 0) is 195 Å². The number of Topliss-reactive ketones (excluding diaryl/α,β-unsaturated/α-hetero) is 2. The lowest BCUT2D eigenvalue weighted by Gasteiger charge is -2.53. The fraction of sp³-hybridized carbons (Fsp3) is 0.746. The van der Waals surface area contributed by atoms with Crippen LogP contribution in [0, 0.1) is 10.8 Å².